The fourth-order valence-corrected chi connectivity index (χ4v) is 5.89. The molecule has 6 nitrogen and oxygen atoms in total. The van der Waals surface area contributed by atoms with E-state index in [0.29, 0.717) is 30.8 Å². The minimum absolute atomic E-state index is 0.121. The summed E-state index contributed by atoms with van der Waals surface area (Å²) in [4.78, 5) is 28.4. The van der Waals surface area contributed by atoms with Crippen LogP contribution in [0.4, 0.5) is 10.1 Å². The van der Waals surface area contributed by atoms with Crippen LogP contribution in [0, 0.1) is 18.2 Å². The van der Waals surface area contributed by atoms with Crippen LogP contribution in [0.5, 0.6) is 0 Å². The van der Waals surface area contributed by atoms with E-state index >= 15 is 0 Å². The summed E-state index contributed by atoms with van der Waals surface area (Å²) in [7, 11) is 0. The molecule has 0 saturated carbocycles. The Morgan fingerprint density at radius 1 is 1.17 bits per heavy atom. The number of hydrogen-bond donors (Lipinski definition) is 1. The molecule has 1 aliphatic heterocycles. The van der Waals surface area contributed by atoms with E-state index in [-0.39, 0.29) is 17.4 Å². The number of allylic oxidation sites excluding steroid dienone is 2. The van der Waals surface area contributed by atoms with E-state index in [9.17, 15) is 9.18 Å². The molecule has 2 heterocycles. The Balaban J connectivity index is 1.55. The Morgan fingerprint density at radius 3 is 2.67 bits per heavy atom. The van der Waals surface area contributed by atoms with Crippen LogP contribution in [0.2, 0.25) is 0 Å². The maximum atomic E-state index is 14.0. The Kier molecular flexibility index (Phi) is 6.80. The van der Waals surface area contributed by atoms with Crippen molar-refractivity contribution in [3.63, 3.8) is 0 Å². The molecule has 1 atom stereocenters. The molecule has 8 heteroatoms. The zero-order valence-electron chi connectivity index (χ0n) is 19.9. The number of benzene rings is 2. The second kappa shape index (κ2) is 10.2. The molecule has 1 aliphatic carbocycles. The number of rotatable bonds is 5. The first kappa shape index (κ1) is 24.1. The van der Waals surface area contributed by atoms with Gasteiger partial charge in [-0.15, -0.1) is 0 Å². The molecule has 0 bridgehead atoms. The van der Waals surface area contributed by atoms with Gasteiger partial charge in [0.05, 0.1) is 16.8 Å². The third kappa shape index (κ3) is 4.87. The first-order chi connectivity index (χ1) is 17.5. The van der Waals surface area contributed by atoms with Crippen molar-refractivity contribution >= 4 is 29.1 Å². The van der Waals surface area contributed by atoms with Crippen LogP contribution in [0.1, 0.15) is 29.0 Å². The summed E-state index contributed by atoms with van der Waals surface area (Å²) in [5, 5.41) is 0. The Bertz CT molecular complexity index is 1370. The molecule has 5 rings (SSSR count). The van der Waals surface area contributed by atoms with E-state index in [1.807, 2.05) is 12.1 Å². The summed E-state index contributed by atoms with van der Waals surface area (Å²) in [5.41, 5.74) is 9.47. The van der Waals surface area contributed by atoms with Gasteiger partial charge in [0.25, 0.3) is 0 Å². The number of carbonyl (C=O) groups is 1. The predicted molar refractivity (Wildman–Crippen MR) is 140 cm³/mol. The predicted octanol–water partition coefficient (Wildman–Crippen LogP) is 5.45. The molecule has 0 spiro atoms. The van der Waals surface area contributed by atoms with E-state index in [2.05, 4.69) is 39.4 Å². The SMILES string of the molecule is Cc1cccc(SN2CCC3=CC(=Nc4ccc(F)cc4)C(=CN)CC3(C(=O)c3ncccn3)C2)c1. The van der Waals surface area contributed by atoms with Crippen molar-refractivity contribution in [3.8, 4) is 0 Å². The second-order valence-corrected chi connectivity index (χ2v) is 10.2. The average molecular weight is 500 g/mol. The largest absolute Gasteiger partial charge is 0.404 e. The van der Waals surface area contributed by atoms with Gasteiger partial charge in [0.1, 0.15) is 5.82 Å². The van der Waals surface area contributed by atoms with Gasteiger partial charge in [-0.3, -0.25) is 4.79 Å². The third-order valence-corrected chi connectivity index (χ3v) is 7.56. The molecule has 36 heavy (non-hydrogen) atoms. The molecule has 1 aromatic heterocycles. The average Bonchev–Trinajstić information content (AvgIpc) is 2.90. The summed E-state index contributed by atoms with van der Waals surface area (Å²) < 4.78 is 15.6. The van der Waals surface area contributed by atoms with Crippen molar-refractivity contribution in [3.05, 3.63) is 108 Å². The minimum atomic E-state index is -0.858. The number of carbonyl (C=O) groups excluding carboxylic acids is 1. The quantitative estimate of drug-likeness (QED) is 0.371. The van der Waals surface area contributed by atoms with E-state index in [1.165, 1.54) is 23.9 Å². The molecule has 1 saturated heterocycles. The van der Waals surface area contributed by atoms with Crippen molar-refractivity contribution in [2.45, 2.75) is 24.7 Å². The maximum absolute atomic E-state index is 14.0. The third-order valence-electron chi connectivity index (χ3n) is 6.53. The highest BCUT2D eigenvalue weighted by Crippen LogP contribution is 2.48. The lowest BCUT2D eigenvalue weighted by Gasteiger charge is -2.45. The molecular weight excluding hydrogens is 473 g/mol. The van der Waals surface area contributed by atoms with Gasteiger partial charge in [-0.05, 0) is 97.6 Å². The van der Waals surface area contributed by atoms with Gasteiger partial charge in [0.2, 0.25) is 5.78 Å². The summed E-state index contributed by atoms with van der Waals surface area (Å²) >= 11 is 1.66. The molecule has 0 amide bonds. The topological polar surface area (TPSA) is 84.5 Å². The number of nitrogens with zero attached hydrogens (tertiary/aromatic N) is 4. The number of fused-ring (bicyclic) bond motifs is 1. The minimum Gasteiger partial charge on any atom is -0.404 e. The van der Waals surface area contributed by atoms with Crippen LogP contribution in [-0.2, 0) is 0 Å². The molecule has 182 valence electrons. The number of aliphatic imine (C=N–C) groups is 1. The van der Waals surface area contributed by atoms with Gasteiger partial charge >= 0.3 is 0 Å². The van der Waals surface area contributed by atoms with Gasteiger partial charge < -0.3 is 5.73 Å². The van der Waals surface area contributed by atoms with Crippen molar-refractivity contribution in [2.75, 3.05) is 13.1 Å². The number of aromatic nitrogens is 2. The van der Waals surface area contributed by atoms with E-state index in [0.717, 1.165) is 22.6 Å². The molecule has 3 aromatic rings. The normalized spacial score (nSPS) is 22.3. The van der Waals surface area contributed by atoms with Gasteiger partial charge in [0.15, 0.2) is 5.82 Å². The summed E-state index contributed by atoms with van der Waals surface area (Å²) in [5.74, 6) is -0.244. The maximum Gasteiger partial charge on any atom is 0.211 e. The van der Waals surface area contributed by atoms with Crippen molar-refractivity contribution < 1.29 is 9.18 Å². The first-order valence-electron chi connectivity index (χ1n) is 11.7. The van der Waals surface area contributed by atoms with Gasteiger partial charge in [0, 0.05) is 30.4 Å². The zero-order chi connectivity index (χ0) is 25.1. The lowest BCUT2D eigenvalue weighted by atomic mass is 9.64. The summed E-state index contributed by atoms with van der Waals surface area (Å²) in [6.07, 6.45) is 7.75. The fourth-order valence-electron chi connectivity index (χ4n) is 4.75. The molecule has 1 fully saturated rings. The van der Waals surface area contributed by atoms with Crippen molar-refractivity contribution in [1.82, 2.24) is 14.3 Å². The highest BCUT2D eigenvalue weighted by molar-refractivity contribution is 7.97. The number of hydrogen-bond acceptors (Lipinski definition) is 7. The number of aryl methyl sites for hydroxylation is 1. The monoisotopic (exact) mass is 499 g/mol. The van der Waals surface area contributed by atoms with E-state index in [1.54, 1.807) is 42.5 Å². The lowest BCUT2D eigenvalue weighted by molar-refractivity contribution is 0.0770. The molecule has 2 aliphatic rings. The first-order valence-corrected chi connectivity index (χ1v) is 12.5. The summed E-state index contributed by atoms with van der Waals surface area (Å²) in [6.45, 7) is 3.34. The standard InChI is InChI=1S/C28H26FN5OS/c1-19-4-2-5-24(14-19)36-34-13-10-21-15-25(33-23-8-6-22(29)7-9-23)20(17-30)16-28(21,18-34)26(35)27-31-11-3-12-32-27/h2-9,11-12,14-15,17H,10,13,16,18,30H2,1H3. The van der Waals surface area contributed by atoms with Crippen LogP contribution < -0.4 is 5.73 Å². The van der Waals surface area contributed by atoms with E-state index in [4.69, 9.17) is 10.7 Å². The smallest absolute Gasteiger partial charge is 0.211 e. The molecule has 2 aromatic carbocycles. The highest BCUT2D eigenvalue weighted by Gasteiger charge is 2.50. The zero-order valence-corrected chi connectivity index (χ0v) is 20.7. The van der Waals surface area contributed by atoms with Crippen LogP contribution in [0.3, 0.4) is 0 Å². The fraction of sp³-hybridized carbons (Fsp3) is 0.214. The number of halogens is 1. The molecule has 2 N–H and O–H groups in total. The Morgan fingerprint density at radius 2 is 1.94 bits per heavy atom. The molecular formula is C28H26FN5OS. The van der Waals surface area contributed by atoms with Crippen molar-refractivity contribution in [2.24, 2.45) is 16.1 Å². The van der Waals surface area contributed by atoms with Gasteiger partial charge in [-0.2, -0.15) is 0 Å². The molecule has 0 radical (unpaired) electrons. The number of nitrogens with two attached hydrogens (primary N) is 1. The van der Waals surface area contributed by atoms with Crippen LogP contribution in [0.15, 0.2) is 100 Å². The van der Waals surface area contributed by atoms with Crippen LogP contribution in [-0.4, -0.2) is 38.9 Å². The lowest BCUT2D eigenvalue weighted by Crippen LogP contribution is -2.50. The van der Waals surface area contributed by atoms with Gasteiger partial charge in [-0.25, -0.2) is 23.7 Å². The Hall–Kier alpha value is -3.62. The second-order valence-electron chi connectivity index (χ2n) is 9.02. The van der Waals surface area contributed by atoms with Crippen molar-refractivity contribution in [1.29, 1.82) is 0 Å². The Labute approximate surface area is 214 Å². The number of ketones is 1. The molecule has 1 unspecified atom stereocenters. The number of piperidine rings is 1. The summed E-state index contributed by atoms with van der Waals surface area (Å²) in [6, 6.07) is 16.0. The van der Waals surface area contributed by atoms with Crippen LogP contribution >= 0.6 is 11.9 Å². The number of Topliss-reactive ketones (excluding diaryl/α,β-unsaturated/α-hetero) is 1. The van der Waals surface area contributed by atoms with Crippen LogP contribution in [0.25, 0.3) is 0 Å². The van der Waals surface area contributed by atoms with Gasteiger partial charge in [-0.1, -0.05) is 17.7 Å². The van der Waals surface area contributed by atoms with E-state index < -0.39 is 5.41 Å². The highest BCUT2D eigenvalue weighted by atomic mass is 32.2.